The molecule has 0 spiro atoms. The summed E-state index contributed by atoms with van der Waals surface area (Å²) in [6, 6.07) is 3.56. The summed E-state index contributed by atoms with van der Waals surface area (Å²) < 4.78 is 13.8. The van der Waals surface area contributed by atoms with Crippen LogP contribution in [0, 0.1) is 5.82 Å². The second-order valence-corrected chi connectivity index (χ2v) is 6.31. The lowest BCUT2D eigenvalue weighted by Crippen LogP contribution is -2.41. The first-order valence-corrected chi connectivity index (χ1v) is 8.04. The molecule has 7 nitrogen and oxygen atoms in total. The van der Waals surface area contributed by atoms with Crippen LogP contribution in [0.4, 0.5) is 14.9 Å². The van der Waals surface area contributed by atoms with Gasteiger partial charge in [0, 0.05) is 31.5 Å². The fourth-order valence-corrected chi connectivity index (χ4v) is 2.90. The van der Waals surface area contributed by atoms with Gasteiger partial charge in [0.15, 0.2) is 0 Å². The predicted molar refractivity (Wildman–Crippen MR) is 91.0 cm³/mol. The summed E-state index contributed by atoms with van der Waals surface area (Å²) in [5.41, 5.74) is 2.51. The van der Waals surface area contributed by atoms with Gasteiger partial charge in [-0.3, -0.25) is 9.89 Å². The number of fused-ring (bicyclic) bond motifs is 1. The number of hydrogen-bond donors (Lipinski definition) is 3. The van der Waals surface area contributed by atoms with E-state index in [1.54, 1.807) is 20.3 Å². The molecule has 2 aromatic rings. The summed E-state index contributed by atoms with van der Waals surface area (Å²) >= 11 is 0. The number of carbonyl (C=O) groups is 2. The third-order valence-electron chi connectivity index (χ3n) is 4.21. The van der Waals surface area contributed by atoms with Crippen LogP contribution in [0.25, 0.3) is 0 Å². The maximum atomic E-state index is 13.8. The van der Waals surface area contributed by atoms with Gasteiger partial charge in [-0.1, -0.05) is 0 Å². The molecule has 1 aliphatic carbocycles. The second-order valence-electron chi connectivity index (χ2n) is 6.31. The van der Waals surface area contributed by atoms with E-state index in [2.05, 4.69) is 20.8 Å². The Morgan fingerprint density at radius 2 is 2.16 bits per heavy atom. The van der Waals surface area contributed by atoms with Crippen LogP contribution in [-0.2, 0) is 12.8 Å². The lowest BCUT2D eigenvalue weighted by Gasteiger charge is -2.23. The standard InChI is InChI=1S/C17H20FN5O2/c1-23(2)16(24)13-8-12(3-5-14(13)18)21-17(25)20-11-4-6-15-10(7-11)9-19-22-15/h3,5,8-9,11H,4,6-7H2,1-2H3,(H,19,22)(H2,20,21,25)/t11-/m1/s1. The van der Waals surface area contributed by atoms with Crippen molar-refractivity contribution in [1.82, 2.24) is 20.4 Å². The number of aromatic nitrogens is 2. The Morgan fingerprint density at radius 1 is 1.36 bits per heavy atom. The number of urea groups is 1. The minimum Gasteiger partial charge on any atom is -0.345 e. The second kappa shape index (κ2) is 6.92. The van der Waals surface area contributed by atoms with E-state index in [1.165, 1.54) is 23.1 Å². The highest BCUT2D eigenvalue weighted by Crippen LogP contribution is 2.19. The van der Waals surface area contributed by atoms with E-state index in [9.17, 15) is 14.0 Å². The van der Waals surface area contributed by atoms with Crippen LogP contribution in [0.3, 0.4) is 0 Å². The van der Waals surface area contributed by atoms with E-state index in [4.69, 9.17) is 0 Å². The molecule has 1 heterocycles. The number of aryl methyl sites for hydroxylation is 1. The molecule has 25 heavy (non-hydrogen) atoms. The number of anilines is 1. The Hall–Kier alpha value is -2.90. The molecule has 1 aliphatic rings. The SMILES string of the molecule is CN(C)C(=O)c1cc(NC(=O)N[C@@H]2CCc3[nH]ncc3C2)ccc1F. The quantitative estimate of drug-likeness (QED) is 0.794. The monoisotopic (exact) mass is 345 g/mol. The minimum atomic E-state index is -0.621. The number of hydrogen-bond acceptors (Lipinski definition) is 3. The highest BCUT2D eigenvalue weighted by atomic mass is 19.1. The molecule has 3 rings (SSSR count). The van der Waals surface area contributed by atoms with Crippen molar-refractivity contribution in [3.05, 3.63) is 47.0 Å². The van der Waals surface area contributed by atoms with Crippen LogP contribution >= 0.6 is 0 Å². The van der Waals surface area contributed by atoms with Crippen molar-refractivity contribution < 1.29 is 14.0 Å². The molecule has 0 bridgehead atoms. The van der Waals surface area contributed by atoms with Gasteiger partial charge in [0.2, 0.25) is 0 Å². The molecule has 0 aliphatic heterocycles. The van der Waals surface area contributed by atoms with Crippen LogP contribution in [0.5, 0.6) is 0 Å². The number of H-pyrrole nitrogens is 1. The Kier molecular flexibility index (Phi) is 4.69. The molecule has 1 aromatic carbocycles. The van der Waals surface area contributed by atoms with E-state index < -0.39 is 11.7 Å². The van der Waals surface area contributed by atoms with Gasteiger partial charge < -0.3 is 15.5 Å². The first-order chi connectivity index (χ1) is 11.9. The maximum absolute atomic E-state index is 13.8. The Morgan fingerprint density at radius 3 is 2.92 bits per heavy atom. The summed E-state index contributed by atoms with van der Waals surface area (Å²) in [6.07, 6.45) is 4.14. The minimum absolute atomic E-state index is 0.00780. The molecule has 1 aromatic heterocycles. The van der Waals surface area contributed by atoms with Gasteiger partial charge in [-0.15, -0.1) is 0 Å². The number of nitrogens with one attached hydrogen (secondary N) is 3. The predicted octanol–water partition coefficient (Wildman–Crippen LogP) is 1.93. The Balaban J connectivity index is 1.63. The van der Waals surface area contributed by atoms with Gasteiger partial charge in [-0.05, 0) is 43.0 Å². The molecular weight excluding hydrogens is 325 g/mol. The average molecular weight is 345 g/mol. The van der Waals surface area contributed by atoms with E-state index in [-0.39, 0.29) is 17.6 Å². The van der Waals surface area contributed by atoms with E-state index in [0.717, 1.165) is 24.1 Å². The molecule has 8 heteroatoms. The molecule has 3 N–H and O–H groups in total. The highest BCUT2D eigenvalue weighted by Gasteiger charge is 2.22. The molecular formula is C17H20FN5O2. The van der Waals surface area contributed by atoms with Gasteiger partial charge in [0.25, 0.3) is 5.91 Å². The number of aromatic amines is 1. The van der Waals surface area contributed by atoms with Crippen molar-refractivity contribution in [2.24, 2.45) is 0 Å². The lowest BCUT2D eigenvalue weighted by molar-refractivity contribution is 0.0823. The normalized spacial score (nSPS) is 16.0. The Labute approximate surface area is 144 Å². The molecule has 1 atom stereocenters. The molecule has 3 amide bonds. The molecule has 0 saturated heterocycles. The molecule has 0 unspecified atom stereocenters. The van der Waals surface area contributed by atoms with Crippen LogP contribution in [0.15, 0.2) is 24.4 Å². The number of rotatable bonds is 3. The first kappa shape index (κ1) is 16.9. The lowest BCUT2D eigenvalue weighted by atomic mass is 9.94. The number of halogens is 1. The van der Waals surface area contributed by atoms with E-state index in [1.807, 2.05) is 0 Å². The molecule has 132 valence electrons. The van der Waals surface area contributed by atoms with E-state index in [0.29, 0.717) is 12.1 Å². The van der Waals surface area contributed by atoms with Crippen LogP contribution < -0.4 is 10.6 Å². The third kappa shape index (κ3) is 3.78. The van der Waals surface area contributed by atoms with Crippen molar-refractivity contribution >= 4 is 17.6 Å². The smallest absolute Gasteiger partial charge is 0.319 e. The number of carbonyl (C=O) groups excluding carboxylic acids is 2. The largest absolute Gasteiger partial charge is 0.345 e. The van der Waals surface area contributed by atoms with Crippen LogP contribution in [-0.4, -0.2) is 47.2 Å². The summed E-state index contributed by atoms with van der Waals surface area (Å²) in [5.74, 6) is -1.08. The first-order valence-electron chi connectivity index (χ1n) is 8.04. The number of benzene rings is 1. The fourth-order valence-electron chi connectivity index (χ4n) is 2.90. The topological polar surface area (TPSA) is 90.1 Å². The molecule has 0 saturated carbocycles. The average Bonchev–Trinajstić information content (AvgIpc) is 3.03. The Bertz CT molecular complexity index is 802. The van der Waals surface area contributed by atoms with Crippen molar-refractivity contribution in [3.63, 3.8) is 0 Å². The van der Waals surface area contributed by atoms with Gasteiger partial charge in [0.05, 0.1) is 11.8 Å². The van der Waals surface area contributed by atoms with Crippen LogP contribution in [0.1, 0.15) is 28.0 Å². The zero-order valence-electron chi connectivity index (χ0n) is 14.1. The number of amides is 3. The van der Waals surface area contributed by atoms with Gasteiger partial charge in [0.1, 0.15) is 5.82 Å². The van der Waals surface area contributed by atoms with E-state index >= 15 is 0 Å². The highest BCUT2D eigenvalue weighted by molar-refractivity contribution is 5.97. The van der Waals surface area contributed by atoms with Crippen molar-refractivity contribution in [2.45, 2.75) is 25.3 Å². The summed E-state index contributed by atoms with van der Waals surface area (Å²) in [6.45, 7) is 0. The van der Waals surface area contributed by atoms with Gasteiger partial charge in [-0.2, -0.15) is 5.10 Å². The third-order valence-corrected chi connectivity index (χ3v) is 4.21. The van der Waals surface area contributed by atoms with Crippen molar-refractivity contribution in [2.75, 3.05) is 19.4 Å². The van der Waals surface area contributed by atoms with Crippen molar-refractivity contribution in [3.8, 4) is 0 Å². The number of nitrogens with zero attached hydrogens (tertiary/aromatic N) is 2. The zero-order valence-corrected chi connectivity index (χ0v) is 14.1. The summed E-state index contributed by atoms with van der Waals surface area (Å²) in [4.78, 5) is 25.4. The molecule has 0 fully saturated rings. The van der Waals surface area contributed by atoms with Crippen LogP contribution in [0.2, 0.25) is 0 Å². The van der Waals surface area contributed by atoms with Gasteiger partial charge in [-0.25, -0.2) is 9.18 Å². The summed E-state index contributed by atoms with van der Waals surface area (Å²) in [7, 11) is 3.09. The van der Waals surface area contributed by atoms with Gasteiger partial charge >= 0.3 is 6.03 Å². The summed E-state index contributed by atoms with van der Waals surface area (Å²) in [5, 5.41) is 12.5. The van der Waals surface area contributed by atoms with Crippen molar-refractivity contribution in [1.29, 1.82) is 0 Å². The molecule has 0 radical (unpaired) electrons. The zero-order chi connectivity index (χ0) is 18.0. The fraction of sp³-hybridized carbons (Fsp3) is 0.353. The maximum Gasteiger partial charge on any atom is 0.319 e.